The minimum atomic E-state index is -0.784. The van der Waals surface area contributed by atoms with E-state index in [1.807, 2.05) is 74.5 Å². The zero-order chi connectivity index (χ0) is 32.2. The Balaban J connectivity index is 1.60. The first kappa shape index (κ1) is 32.7. The van der Waals surface area contributed by atoms with Crippen molar-refractivity contribution in [1.29, 1.82) is 0 Å². The Morgan fingerprint density at radius 1 is 1.09 bits per heavy atom. The van der Waals surface area contributed by atoms with Crippen molar-refractivity contribution in [2.75, 3.05) is 13.7 Å². The fourth-order valence-electron chi connectivity index (χ4n) is 5.00. The number of allylic oxidation sites excluding steroid dienone is 1. The number of benzene rings is 3. The Hall–Kier alpha value is -3.67. The average molecular weight is 757 g/mol. The fourth-order valence-corrected chi connectivity index (χ4v) is 6.89. The number of rotatable bonds is 10. The molecule has 0 unspecified atom stereocenters. The van der Waals surface area contributed by atoms with Gasteiger partial charge in [0.05, 0.1) is 40.1 Å². The van der Waals surface area contributed by atoms with Gasteiger partial charge in [-0.2, -0.15) is 0 Å². The molecule has 5 rings (SSSR count). The zero-order valence-electron chi connectivity index (χ0n) is 25.4. The largest absolute Gasteiger partial charge is 0.493 e. The van der Waals surface area contributed by atoms with Gasteiger partial charge >= 0.3 is 5.97 Å². The number of carbonyl (C=O) groups excluding carboxylic acids is 1. The Morgan fingerprint density at radius 3 is 2.51 bits per heavy atom. The number of hydrogen-bond acceptors (Lipinski definition) is 8. The first-order valence-electron chi connectivity index (χ1n) is 14.3. The van der Waals surface area contributed by atoms with Gasteiger partial charge in [0.1, 0.15) is 18.4 Å². The van der Waals surface area contributed by atoms with Gasteiger partial charge in [-0.25, -0.2) is 9.79 Å². The highest BCUT2D eigenvalue weighted by molar-refractivity contribution is 9.10. The molecular formula is C34H32Br2N2O6S. The summed E-state index contributed by atoms with van der Waals surface area (Å²) >= 11 is 8.32. The highest BCUT2D eigenvalue weighted by Gasteiger charge is 2.35. The first-order chi connectivity index (χ1) is 21.6. The maximum Gasteiger partial charge on any atom is 0.338 e. The molecule has 1 aromatic heterocycles. The number of esters is 1. The van der Waals surface area contributed by atoms with Gasteiger partial charge in [0, 0.05) is 10.0 Å². The number of hydrogen-bond donors (Lipinski definition) is 0. The van der Waals surface area contributed by atoms with Crippen LogP contribution in [-0.4, -0.2) is 30.4 Å². The maximum atomic E-state index is 14.2. The van der Waals surface area contributed by atoms with Gasteiger partial charge in [0.25, 0.3) is 5.56 Å². The van der Waals surface area contributed by atoms with E-state index in [2.05, 4.69) is 36.9 Å². The van der Waals surface area contributed by atoms with Crippen molar-refractivity contribution in [2.24, 2.45) is 4.99 Å². The number of ether oxygens (including phenoxy) is 4. The van der Waals surface area contributed by atoms with E-state index in [0.29, 0.717) is 54.5 Å². The van der Waals surface area contributed by atoms with Crippen LogP contribution in [0.15, 0.2) is 90.7 Å². The van der Waals surface area contributed by atoms with Crippen molar-refractivity contribution in [2.45, 2.75) is 46.4 Å². The van der Waals surface area contributed by atoms with E-state index >= 15 is 0 Å². The van der Waals surface area contributed by atoms with Crippen molar-refractivity contribution < 1.29 is 23.7 Å². The smallest absolute Gasteiger partial charge is 0.338 e. The van der Waals surface area contributed by atoms with E-state index in [1.54, 1.807) is 31.6 Å². The summed E-state index contributed by atoms with van der Waals surface area (Å²) in [7, 11) is 1.57. The monoisotopic (exact) mass is 754 g/mol. The number of aromatic nitrogens is 1. The topological polar surface area (TPSA) is 88.4 Å². The lowest BCUT2D eigenvalue weighted by molar-refractivity contribution is -0.139. The summed E-state index contributed by atoms with van der Waals surface area (Å²) in [4.78, 5) is 32.6. The van der Waals surface area contributed by atoms with Gasteiger partial charge < -0.3 is 18.9 Å². The van der Waals surface area contributed by atoms with E-state index in [1.165, 1.54) is 11.3 Å². The van der Waals surface area contributed by atoms with Crippen LogP contribution in [0.2, 0.25) is 0 Å². The fraction of sp³-hybridized carbons (Fsp3) is 0.265. The highest BCUT2D eigenvalue weighted by Crippen LogP contribution is 2.38. The second-order valence-electron chi connectivity index (χ2n) is 10.5. The lowest BCUT2D eigenvalue weighted by Crippen LogP contribution is -2.40. The number of fused-ring (bicyclic) bond motifs is 1. The Bertz CT molecular complexity index is 1950. The van der Waals surface area contributed by atoms with Gasteiger partial charge in [-0.15, -0.1) is 0 Å². The van der Waals surface area contributed by atoms with Crippen LogP contribution in [0, 0.1) is 0 Å². The van der Waals surface area contributed by atoms with E-state index < -0.39 is 12.0 Å². The van der Waals surface area contributed by atoms with Gasteiger partial charge in [-0.1, -0.05) is 57.6 Å². The summed E-state index contributed by atoms with van der Waals surface area (Å²) in [6.07, 6.45) is 1.67. The molecule has 0 radical (unpaired) electrons. The molecule has 4 aromatic rings. The molecule has 0 spiro atoms. The van der Waals surface area contributed by atoms with Crippen molar-refractivity contribution in [3.05, 3.63) is 117 Å². The van der Waals surface area contributed by atoms with Crippen LogP contribution in [0.1, 0.15) is 50.4 Å². The van der Waals surface area contributed by atoms with Crippen LogP contribution in [0.5, 0.6) is 17.2 Å². The predicted molar refractivity (Wildman–Crippen MR) is 182 cm³/mol. The molecule has 45 heavy (non-hydrogen) atoms. The van der Waals surface area contributed by atoms with Crippen molar-refractivity contribution >= 4 is 55.2 Å². The SMILES string of the molecule is CCOC(=O)C1=C(C)N=c2s/c(=C/c3cc(Br)c(OCc4ccc(Br)cc4)c(OC)c3)c(=O)n2[C@@H]1c1ccccc1OC(C)C. The number of carbonyl (C=O) groups is 1. The average Bonchev–Trinajstić information content (AvgIpc) is 3.30. The second-order valence-corrected chi connectivity index (χ2v) is 13.2. The molecule has 1 atom stereocenters. The maximum absolute atomic E-state index is 14.2. The van der Waals surface area contributed by atoms with Gasteiger partial charge in [-0.3, -0.25) is 9.36 Å². The van der Waals surface area contributed by atoms with Gasteiger partial charge in [-0.05, 0) is 91.2 Å². The molecule has 0 bridgehead atoms. The van der Waals surface area contributed by atoms with E-state index in [9.17, 15) is 9.59 Å². The molecule has 0 amide bonds. The zero-order valence-corrected chi connectivity index (χ0v) is 29.4. The van der Waals surface area contributed by atoms with Crippen LogP contribution in [0.4, 0.5) is 0 Å². The van der Waals surface area contributed by atoms with Crippen molar-refractivity contribution in [3.8, 4) is 17.2 Å². The molecule has 0 N–H and O–H groups in total. The van der Waals surface area contributed by atoms with Crippen LogP contribution in [-0.2, 0) is 16.1 Å². The van der Waals surface area contributed by atoms with E-state index in [0.717, 1.165) is 15.6 Å². The molecule has 0 aliphatic carbocycles. The molecule has 234 valence electrons. The molecule has 0 saturated carbocycles. The van der Waals surface area contributed by atoms with Gasteiger partial charge in [0.2, 0.25) is 0 Å². The molecule has 3 aromatic carbocycles. The van der Waals surface area contributed by atoms with Crippen LogP contribution in [0.25, 0.3) is 6.08 Å². The van der Waals surface area contributed by atoms with Crippen LogP contribution >= 0.6 is 43.2 Å². The molecule has 8 nitrogen and oxygen atoms in total. The third kappa shape index (κ3) is 7.10. The summed E-state index contributed by atoms with van der Waals surface area (Å²) in [5.41, 5.74) is 2.90. The van der Waals surface area contributed by atoms with E-state index in [-0.39, 0.29) is 18.3 Å². The first-order valence-corrected chi connectivity index (χ1v) is 16.7. The Labute approximate surface area is 281 Å². The molecule has 0 fully saturated rings. The molecule has 0 saturated heterocycles. The number of methoxy groups -OCH3 is 1. The summed E-state index contributed by atoms with van der Waals surface area (Å²) in [5, 5.41) is 0. The molecule has 11 heteroatoms. The third-order valence-corrected chi connectivity index (χ3v) is 9.04. The standard InChI is InChI=1S/C34H32Br2N2O6S/c1-6-42-33(40)29-20(4)37-34-38(30(29)24-9-7-8-10-26(24)44-19(2)3)32(39)28(45-34)17-22-15-25(36)31(27(16-22)41-5)43-18-21-11-13-23(35)14-12-21/h7-17,19,30H,6,18H2,1-5H3/b28-17+/t30-/m1/s1. The normalized spacial score (nSPS) is 14.7. The van der Waals surface area contributed by atoms with Crippen LogP contribution in [0.3, 0.4) is 0 Å². The Morgan fingerprint density at radius 2 is 1.82 bits per heavy atom. The number of thiazole rings is 1. The number of para-hydroxylation sites is 1. The van der Waals surface area contributed by atoms with Crippen molar-refractivity contribution in [3.63, 3.8) is 0 Å². The molecular weight excluding hydrogens is 724 g/mol. The quantitative estimate of drug-likeness (QED) is 0.168. The molecule has 2 heterocycles. The summed E-state index contributed by atoms with van der Waals surface area (Å²) < 4.78 is 27.0. The lowest BCUT2D eigenvalue weighted by atomic mass is 9.95. The number of nitrogens with zero attached hydrogens (tertiary/aromatic N) is 2. The Kier molecular flexibility index (Phi) is 10.3. The number of halogens is 2. The molecule has 1 aliphatic rings. The summed E-state index contributed by atoms with van der Waals surface area (Å²) in [6, 6.07) is 18.2. The third-order valence-electron chi connectivity index (χ3n) is 6.94. The minimum absolute atomic E-state index is 0.117. The summed E-state index contributed by atoms with van der Waals surface area (Å²) in [5.74, 6) is 1.12. The summed E-state index contributed by atoms with van der Waals surface area (Å²) in [6.45, 7) is 7.91. The molecule has 1 aliphatic heterocycles. The van der Waals surface area contributed by atoms with Crippen molar-refractivity contribution in [1.82, 2.24) is 4.57 Å². The highest BCUT2D eigenvalue weighted by atomic mass is 79.9. The van der Waals surface area contributed by atoms with Crippen LogP contribution < -0.4 is 29.1 Å². The second kappa shape index (κ2) is 14.2. The predicted octanol–water partition coefficient (Wildman–Crippen LogP) is 6.70. The van der Waals surface area contributed by atoms with Gasteiger partial charge in [0.15, 0.2) is 16.3 Å². The minimum Gasteiger partial charge on any atom is -0.493 e. The van der Waals surface area contributed by atoms with E-state index in [4.69, 9.17) is 18.9 Å². The lowest BCUT2D eigenvalue weighted by Gasteiger charge is -2.26.